The molecule has 0 unspecified atom stereocenters. The predicted molar refractivity (Wildman–Crippen MR) is 122 cm³/mol. The van der Waals surface area contributed by atoms with Gasteiger partial charge in [-0.15, -0.1) is 10.2 Å². The summed E-state index contributed by atoms with van der Waals surface area (Å²) in [5.74, 6) is 3.14. The second kappa shape index (κ2) is 9.04. The van der Waals surface area contributed by atoms with Crippen molar-refractivity contribution in [1.82, 2.24) is 14.8 Å². The van der Waals surface area contributed by atoms with E-state index in [4.69, 9.17) is 4.74 Å². The molecule has 0 N–H and O–H groups in total. The van der Waals surface area contributed by atoms with Crippen molar-refractivity contribution in [3.8, 4) is 17.1 Å². The summed E-state index contributed by atoms with van der Waals surface area (Å²) < 4.78 is 7.51. The molecule has 0 amide bonds. The van der Waals surface area contributed by atoms with Crippen molar-refractivity contribution in [3.63, 3.8) is 0 Å². The zero-order chi connectivity index (χ0) is 21.0. The highest BCUT2D eigenvalue weighted by Gasteiger charge is 2.16. The van der Waals surface area contributed by atoms with Crippen LogP contribution in [0.4, 0.5) is 0 Å². The fourth-order valence-electron chi connectivity index (χ4n) is 3.13. The normalized spacial score (nSPS) is 11.8. The first kappa shape index (κ1) is 21.4. The first-order chi connectivity index (χ1) is 13.8. The van der Waals surface area contributed by atoms with Crippen molar-refractivity contribution in [3.05, 3.63) is 59.7 Å². The van der Waals surface area contributed by atoms with Gasteiger partial charge in [0.05, 0.1) is 7.11 Å². The summed E-state index contributed by atoms with van der Waals surface area (Å²) in [7, 11) is 1.68. The molecule has 0 aliphatic heterocycles. The topological polar surface area (TPSA) is 39.9 Å². The summed E-state index contributed by atoms with van der Waals surface area (Å²) in [6.45, 7) is 12.1. The number of aromatic nitrogens is 3. The van der Waals surface area contributed by atoms with Crippen molar-refractivity contribution in [2.75, 3.05) is 7.11 Å². The van der Waals surface area contributed by atoms with Gasteiger partial charge in [-0.1, -0.05) is 70.6 Å². The van der Waals surface area contributed by atoms with Crippen LogP contribution >= 0.6 is 11.8 Å². The van der Waals surface area contributed by atoms with Gasteiger partial charge in [0.2, 0.25) is 0 Å². The van der Waals surface area contributed by atoms with E-state index >= 15 is 0 Å². The fourth-order valence-corrected chi connectivity index (χ4v) is 4.03. The average Bonchev–Trinajstić information content (AvgIpc) is 3.08. The van der Waals surface area contributed by atoms with E-state index in [0.29, 0.717) is 5.92 Å². The number of hydrogen-bond donors (Lipinski definition) is 0. The van der Waals surface area contributed by atoms with E-state index in [0.717, 1.165) is 34.6 Å². The van der Waals surface area contributed by atoms with Gasteiger partial charge in [-0.2, -0.15) is 0 Å². The van der Waals surface area contributed by atoms with Gasteiger partial charge in [-0.25, -0.2) is 0 Å². The number of methoxy groups -OCH3 is 1. The van der Waals surface area contributed by atoms with Crippen LogP contribution in [0.3, 0.4) is 0 Å². The smallest absolute Gasteiger partial charge is 0.191 e. The molecule has 1 heterocycles. The number of hydrogen-bond acceptors (Lipinski definition) is 4. The summed E-state index contributed by atoms with van der Waals surface area (Å²) >= 11 is 1.74. The van der Waals surface area contributed by atoms with Gasteiger partial charge in [0.1, 0.15) is 5.75 Å². The Bertz CT molecular complexity index is 922. The van der Waals surface area contributed by atoms with E-state index in [1.165, 1.54) is 11.1 Å². The standard InChI is InChI=1S/C24H31N3OS/c1-17(2)15-27-22(19-9-13-21(28-6)14-10-19)25-26-23(27)29-16-18-7-11-20(12-8-18)24(3,4)5/h7-14,17H,15-16H2,1-6H3. The molecule has 0 atom stereocenters. The summed E-state index contributed by atoms with van der Waals surface area (Å²) in [6, 6.07) is 16.9. The van der Waals surface area contributed by atoms with E-state index in [1.54, 1.807) is 18.9 Å². The Labute approximate surface area is 178 Å². The minimum Gasteiger partial charge on any atom is -0.497 e. The lowest BCUT2D eigenvalue weighted by molar-refractivity contribution is 0.415. The van der Waals surface area contributed by atoms with E-state index < -0.39 is 0 Å². The molecule has 154 valence electrons. The van der Waals surface area contributed by atoms with E-state index in [9.17, 15) is 0 Å². The third kappa shape index (κ3) is 5.41. The zero-order valence-corrected chi connectivity index (χ0v) is 19.1. The zero-order valence-electron chi connectivity index (χ0n) is 18.3. The highest BCUT2D eigenvalue weighted by atomic mass is 32.2. The molecular weight excluding hydrogens is 378 g/mol. The molecule has 0 fully saturated rings. The molecule has 0 saturated heterocycles. The molecule has 4 nitrogen and oxygen atoms in total. The van der Waals surface area contributed by atoms with Gasteiger partial charge >= 0.3 is 0 Å². The lowest BCUT2D eigenvalue weighted by Gasteiger charge is -2.19. The Hall–Kier alpha value is -2.27. The quantitative estimate of drug-likeness (QED) is 0.436. The molecule has 3 aromatic rings. The van der Waals surface area contributed by atoms with Gasteiger partial charge in [-0.05, 0) is 46.7 Å². The van der Waals surface area contributed by atoms with E-state index in [2.05, 4.69) is 73.6 Å². The first-order valence-electron chi connectivity index (χ1n) is 10.1. The third-order valence-corrected chi connectivity index (χ3v) is 5.84. The van der Waals surface area contributed by atoms with Gasteiger partial charge < -0.3 is 9.30 Å². The van der Waals surface area contributed by atoms with Crippen LogP contribution in [-0.4, -0.2) is 21.9 Å². The van der Waals surface area contributed by atoms with Crippen molar-refractivity contribution >= 4 is 11.8 Å². The number of ether oxygens (including phenoxy) is 1. The average molecular weight is 410 g/mol. The molecule has 0 aliphatic rings. The van der Waals surface area contributed by atoms with Crippen molar-refractivity contribution in [2.24, 2.45) is 5.92 Å². The number of rotatable bonds is 7. The molecule has 0 bridgehead atoms. The van der Waals surface area contributed by atoms with Gasteiger partial charge in [0, 0.05) is 17.9 Å². The molecule has 1 aromatic heterocycles. The van der Waals surface area contributed by atoms with Crippen molar-refractivity contribution < 1.29 is 4.74 Å². The number of nitrogens with zero attached hydrogens (tertiary/aromatic N) is 3. The third-order valence-electron chi connectivity index (χ3n) is 4.80. The predicted octanol–water partition coefficient (Wildman–Crippen LogP) is 6.20. The monoisotopic (exact) mass is 409 g/mol. The highest BCUT2D eigenvalue weighted by Crippen LogP contribution is 2.29. The largest absolute Gasteiger partial charge is 0.497 e. The van der Waals surface area contributed by atoms with Gasteiger partial charge in [0.15, 0.2) is 11.0 Å². The molecule has 0 spiro atoms. The molecular formula is C24H31N3OS. The van der Waals surface area contributed by atoms with Crippen molar-refractivity contribution in [2.45, 2.75) is 57.5 Å². The van der Waals surface area contributed by atoms with E-state index in [1.807, 2.05) is 24.3 Å². The van der Waals surface area contributed by atoms with Crippen LogP contribution in [0.1, 0.15) is 45.7 Å². The summed E-state index contributed by atoms with van der Waals surface area (Å²) in [6.07, 6.45) is 0. The molecule has 5 heteroatoms. The lowest BCUT2D eigenvalue weighted by atomic mass is 9.87. The van der Waals surface area contributed by atoms with Crippen LogP contribution in [0.15, 0.2) is 53.7 Å². The summed E-state index contributed by atoms with van der Waals surface area (Å²) in [5.41, 5.74) is 3.89. The van der Waals surface area contributed by atoms with E-state index in [-0.39, 0.29) is 5.41 Å². The first-order valence-corrected chi connectivity index (χ1v) is 11.1. The van der Waals surface area contributed by atoms with Crippen molar-refractivity contribution in [1.29, 1.82) is 0 Å². The lowest BCUT2D eigenvalue weighted by Crippen LogP contribution is -2.10. The Morgan fingerprint density at radius 2 is 1.62 bits per heavy atom. The van der Waals surface area contributed by atoms with Crippen LogP contribution < -0.4 is 4.74 Å². The van der Waals surface area contributed by atoms with Gasteiger partial charge in [0.25, 0.3) is 0 Å². The SMILES string of the molecule is COc1ccc(-c2nnc(SCc3ccc(C(C)(C)C)cc3)n2CC(C)C)cc1. The summed E-state index contributed by atoms with van der Waals surface area (Å²) in [5, 5.41) is 9.97. The second-order valence-electron chi connectivity index (χ2n) is 8.77. The fraction of sp³-hybridized carbons (Fsp3) is 0.417. The molecule has 0 aliphatic carbocycles. The molecule has 2 aromatic carbocycles. The highest BCUT2D eigenvalue weighted by molar-refractivity contribution is 7.98. The maximum absolute atomic E-state index is 5.27. The Balaban J connectivity index is 1.80. The maximum Gasteiger partial charge on any atom is 0.191 e. The molecule has 29 heavy (non-hydrogen) atoms. The van der Waals surface area contributed by atoms with Crippen LogP contribution in [0.5, 0.6) is 5.75 Å². The second-order valence-corrected chi connectivity index (χ2v) is 9.72. The van der Waals surface area contributed by atoms with Crippen LogP contribution in [0, 0.1) is 5.92 Å². The minimum atomic E-state index is 0.177. The maximum atomic E-state index is 5.27. The molecule has 0 saturated carbocycles. The Morgan fingerprint density at radius 3 is 2.17 bits per heavy atom. The Kier molecular flexibility index (Phi) is 6.68. The minimum absolute atomic E-state index is 0.177. The van der Waals surface area contributed by atoms with Crippen LogP contribution in [-0.2, 0) is 17.7 Å². The Morgan fingerprint density at radius 1 is 0.966 bits per heavy atom. The number of thioether (sulfide) groups is 1. The summed E-state index contributed by atoms with van der Waals surface area (Å²) in [4.78, 5) is 0. The number of benzene rings is 2. The van der Waals surface area contributed by atoms with Gasteiger partial charge in [-0.3, -0.25) is 0 Å². The molecule has 0 radical (unpaired) electrons. The van der Waals surface area contributed by atoms with Crippen LogP contribution in [0.2, 0.25) is 0 Å². The van der Waals surface area contributed by atoms with Crippen LogP contribution in [0.25, 0.3) is 11.4 Å². The molecule has 3 rings (SSSR count).